The van der Waals surface area contributed by atoms with Crippen LogP contribution in [0.25, 0.3) is 0 Å². The van der Waals surface area contributed by atoms with Crippen LogP contribution in [-0.2, 0) is 0 Å². The second-order valence-corrected chi connectivity index (χ2v) is 3.60. The first kappa shape index (κ1) is 11.2. The fraction of sp³-hybridized carbons (Fsp3) is 0. The van der Waals surface area contributed by atoms with Crippen molar-refractivity contribution >= 4 is 7.81 Å². The summed E-state index contributed by atoms with van der Waals surface area (Å²) in [6.07, 6.45) is 4.78. The van der Waals surface area contributed by atoms with Crippen LogP contribution >= 0.6 is 7.81 Å². The Bertz CT molecular complexity index is 194. The zero-order chi connectivity index (χ0) is 9.94. The zero-order valence-electron chi connectivity index (χ0n) is 5.36. The zero-order valence-corrected chi connectivity index (χ0v) is 6.25. The summed E-state index contributed by atoms with van der Waals surface area (Å²) in [4.78, 5) is 2.69. The normalized spacial score (nSPS) is 16.8. The molecule has 1 N–H and O–H groups in total. The molecule has 0 aromatic carbocycles. The van der Waals surface area contributed by atoms with Crippen LogP contribution in [0.5, 0.6) is 0 Å². The molecule has 1 rings (SSSR count). The maximum absolute atomic E-state index is 10.7. The Balaban J connectivity index is 0.000000211. The largest absolute Gasteiger partial charge is 0.412 e. The van der Waals surface area contributed by atoms with Gasteiger partial charge in [-0.2, -0.15) is 4.98 Å². The first-order chi connectivity index (χ1) is 4.95. The van der Waals surface area contributed by atoms with Crippen molar-refractivity contribution in [2.45, 2.75) is 0 Å². The van der Waals surface area contributed by atoms with Crippen LogP contribution in [0.2, 0.25) is 0 Å². The molecule has 0 atom stereocenters. The molecule has 0 spiro atoms. The summed E-state index contributed by atoms with van der Waals surface area (Å²) < 4.78 is 63.7. The van der Waals surface area contributed by atoms with E-state index in [2.05, 4.69) is 9.40 Å². The van der Waals surface area contributed by atoms with Gasteiger partial charge < -0.3 is 4.42 Å². The molecule has 0 saturated heterocycles. The number of aromatic amines is 1. The molecule has 0 saturated carbocycles. The summed E-state index contributed by atoms with van der Waals surface area (Å²) in [7, 11) is -10.7. The standard InChI is InChI=1S/C3H3NO.F6P/c1-2-5-3-4-1;1-7(2,3,4,5)6/h1-3H;/q;-1/p+1. The van der Waals surface area contributed by atoms with E-state index < -0.39 is 7.81 Å². The van der Waals surface area contributed by atoms with Gasteiger partial charge in [-0.25, -0.2) is 0 Å². The number of hydrogen-bond acceptors (Lipinski definition) is 1. The van der Waals surface area contributed by atoms with Gasteiger partial charge in [-0.3, -0.25) is 0 Å². The minimum absolute atomic E-state index is 1.50. The van der Waals surface area contributed by atoms with E-state index in [-0.39, 0.29) is 0 Å². The molecule has 9 heteroatoms. The molecule has 0 unspecified atom stereocenters. The second kappa shape index (κ2) is 2.35. The van der Waals surface area contributed by atoms with Crippen molar-refractivity contribution in [1.29, 1.82) is 0 Å². The molecule has 2 nitrogen and oxygen atoms in total. The Hall–Kier alpha value is -0.780. The fourth-order valence-electron chi connectivity index (χ4n) is 0.196. The molecule has 1 heterocycles. The summed E-state index contributed by atoms with van der Waals surface area (Å²) in [5.74, 6) is 0. The molecule has 0 bridgehead atoms. The second-order valence-electron chi connectivity index (χ2n) is 1.68. The number of oxazole rings is 1. The van der Waals surface area contributed by atoms with Gasteiger partial charge in [-0.15, -0.1) is 0 Å². The van der Waals surface area contributed by atoms with E-state index >= 15 is 0 Å². The maximum atomic E-state index is 9.87. The van der Waals surface area contributed by atoms with E-state index in [4.69, 9.17) is 0 Å². The number of aromatic nitrogens is 1. The smallest absolute Gasteiger partial charge is 0.332 e. The van der Waals surface area contributed by atoms with Crippen molar-refractivity contribution in [1.82, 2.24) is 0 Å². The van der Waals surface area contributed by atoms with Gasteiger partial charge in [0.15, 0.2) is 6.26 Å². The van der Waals surface area contributed by atoms with Crippen molar-refractivity contribution < 1.29 is 34.6 Å². The molecular formula is C3H4F6NOP. The molecule has 0 aliphatic heterocycles. The Morgan fingerprint density at radius 3 is 1.50 bits per heavy atom. The van der Waals surface area contributed by atoms with Crippen molar-refractivity contribution in [3.05, 3.63) is 18.9 Å². The van der Waals surface area contributed by atoms with Crippen molar-refractivity contribution in [3.63, 3.8) is 0 Å². The minimum atomic E-state index is -10.7. The van der Waals surface area contributed by atoms with Gasteiger partial charge in [0.25, 0.3) is 0 Å². The van der Waals surface area contributed by atoms with Gasteiger partial charge in [0.05, 0.1) is 0 Å². The Kier molecular flexibility index (Phi) is 2.20. The number of halogens is 6. The van der Waals surface area contributed by atoms with Crippen LogP contribution in [0, 0.1) is 0 Å². The molecule has 1 aromatic heterocycles. The number of nitrogens with one attached hydrogen (secondary N) is 1. The third-order valence-corrected chi connectivity index (χ3v) is 0.379. The Morgan fingerprint density at radius 1 is 1.00 bits per heavy atom. The molecule has 0 amide bonds. The minimum Gasteiger partial charge on any atom is -0.412 e. The number of H-pyrrole nitrogens is 1. The summed E-state index contributed by atoms with van der Waals surface area (Å²) >= 11 is 0. The van der Waals surface area contributed by atoms with E-state index in [1.807, 2.05) is 0 Å². The first-order valence-electron chi connectivity index (χ1n) is 2.40. The van der Waals surface area contributed by atoms with Crippen molar-refractivity contribution in [2.24, 2.45) is 0 Å². The average molecular weight is 215 g/mol. The molecule has 1 aromatic rings. The van der Waals surface area contributed by atoms with Gasteiger partial charge in [0.2, 0.25) is 6.20 Å². The van der Waals surface area contributed by atoms with Gasteiger partial charge in [-0.1, -0.05) is 0 Å². The average Bonchev–Trinajstić information content (AvgIpc) is 2.00. The van der Waals surface area contributed by atoms with Crippen molar-refractivity contribution in [2.75, 3.05) is 0 Å². The molecule has 0 aliphatic rings. The fourth-order valence-corrected chi connectivity index (χ4v) is 0.196. The molecule has 0 aliphatic carbocycles. The van der Waals surface area contributed by atoms with Gasteiger partial charge >= 0.3 is 39.4 Å². The van der Waals surface area contributed by atoms with Gasteiger partial charge in [-0.05, 0) is 0 Å². The summed E-state index contributed by atoms with van der Waals surface area (Å²) in [5, 5.41) is 0. The monoisotopic (exact) mass is 215 g/mol. The maximum Gasteiger partial charge on any atom is 0.332 e. The van der Waals surface area contributed by atoms with Gasteiger partial charge in [0.1, 0.15) is 0 Å². The third kappa shape index (κ3) is 35.0. The summed E-state index contributed by atoms with van der Waals surface area (Å²) in [6.45, 7) is 0. The SMILES string of the molecule is F[P-](F)(F)(F)(F)F.c1coc[nH+]1. The molecular weight excluding hydrogens is 211 g/mol. The van der Waals surface area contributed by atoms with E-state index in [0.717, 1.165) is 0 Å². The Labute approximate surface area is 62.4 Å². The van der Waals surface area contributed by atoms with Crippen LogP contribution in [0.15, 0.2) is 23.3 Å². The van der Waals surface area contributed by atoms with Crippen LogP contribution in [0.1, 0.15) is 0 Å². The van der Waals surface area contributed by atoms with E-state index in [9.17, 15) is 25.2 Å². The predicted octanol–water partition coefficient (Wildman–Crippen LogP) is 3.48. The molecule has 0 fully saturated rings. The van der Waals surface area contributed by atoms with Crippen molar-refractivity contribution in [3.8, 4) is 0 Å². The molecule has 12 heavy (non-hydrogen) atoms. The van der Waals surface area contributed by atoms with E-state index in [1.165, 1.54) is 6.39 Å². The van der Waals surface area contributed by atoms with E-state index in [0.29, 0.717) is 0 Å². The Morgan fingerprint density at radius 2 is 1.42 bits per heavy atom. The quantitative estimate of drug-likeness (QED) is 0.480. The topological polar surface area (TPSA) is 27.3 Å². The first-order valence-corrected chi connectivity index (χ1v) is 4.42. The van der Waals surface area contributed by atoms with E-state index in [1.54, 1.807) is 12.5 Å². The number of hydrogen-bond donors (Lipinski definition) is 0. The molecule has 0 radical (unpaired) electrons. The predicted molar refractivity (Wildman–Crippen MR) is 28.8 cm³/mol. The third-order valence-electron chi connectivity index (χ3n) is 0.379. The van der Waals surface area contributed by atoms with Gasteiger partial charge in [0, 0.05) is 0 Å². The summed E-state index contributed by atoms with van der Waals surface area (Å²) in [6, 6.07) is 0. The van der Waals surface area contributed by atoms with Crippen LogP contribution < -0.4 is 4.98 Å². The van der Waals surface area contributed by atoms with Crippen LogP contribution in [0.3, 0.4) is 0 Å². The summed E-state index contributed by atoms with van der Waals surface area (Å²) in [5.41, 5.74) is 0. The van der Waals surface area contributed by atoms with Crippen LogP contribution in [-0.4, -0.2) is 0 Å². The number of rotatable bonds is 0. The van der Waals surface area contributed by atoms with Crippen LogP contribution in [0.4, 0.5) is 25.2 Å². The molecule has 74 valence electrons.